The number of alkyl halides is 2. The van der Waals surface area contributed by atoms with Crippen molar-refractivity contribution in [2.75, 3.05) is 13.7 Å². The molecule has 0 atom stereocenters. The van der Waals surface area contributed by atoms with Gasteiger partial charge in [0.1, 0.15) is 0 Å². The Morgan fingerprint density at radius 3 is 2.62 bits per heavy atom. The highest BCUT2D eigenvalue weighted by Crippen LogP contribution is 2.29. The molecule has 5 nitrogen and oxygen atoms in total. The predicted molar refractivity (Wildman–Crippen MR) is 103 cm³/mol. The van der Waals surface area contributed by atoms with Gasteiger partial charge < -0.3 is 20.5 Å². The van der Waals surface area contributed by atoms with E-state index in [0.29, 0.717) is 11.5 Å². The molecule has 0 bridgehead atoms. The van der Waals surface area contributed by atoms with E-state index >= 15 is 0 Å². The van der Waals surface area contributed by atoms with Crippen molar-refractivity contribution >= 4 is 29.9 Å². The highest BCUT2D eigenvalue weighted by atomic mass is 127. The Morgan fingerprint density at radius 1 is 1.25 bits per heavy atom. The summed E-state index contributed by atoms with van der Waals surface area (Å²) in [6.07, 6.45) is 4.59. The van der Waals surface area contributed by atoms with Crippen LogP contribution < -0.4 is 20.5 Å². The van der Waals surface area contributed by atoms with E-state index in [4.69, 9.17) is 10.5 Å². The van der Waals surface area contributed by atoms with E-state index in [-0.39, 0.29) is 42.0 Å². The van der Waals surface area contributed by atoms with Gasteiger partial charge >= 0.3 is 6.61 Å². The maximum atomic E-state index is 12.4. The van der Waals surface area contributed by atoms with Crippen molar-refractivity contribution in [3.8, 4) is 11.5 Å². The lowest BCUT2D eigenvalue weighted by molar-refractivity contribution is -0.0512. The number of rotatable bonds is 10. The van der Waals surface area contributed by atoms with E-state index in [1.165, 1.54) is 26.0 Å². The summed E-state index contributed by atoms with van der Waals surface area (Å²) >= 11 is 0. The van der Waals surface area contributed by atoms with Crippen molar-refractivity contribution in [1.82, 2.24) is 5.32 Å². The van der Waals surface area contributed by atoms with Crippen molar-refractivity contribution in [3.63, 3.8) is 0 Å². The average Bonchev–Trinajstić information content (AvgIpc) is 2.52. The summed E-state index contributed by atoms with van der Waals surface area (Å²) in [5.74, 6) is 0.579. The van der Waals surface area contributed by atoms with Crippen molar-refractivity contribution in [1.29, 1.82) is 0 Å². The van der Waals surface area contributed by atoms with Gasteiger partial charge in [-0.15, -0.1) is 24.0 Å². The van der Waals surface area contributed by atoms with Gasteiger partial charge in [-0.1, -0.05) is 32.3 Å². The molecule has 0 saturated carbocycles. The first-order valence-electron chi connectivity index (χ1n) is 7.72. The molecule has 3 N–H and O–H groups in total. The summed E-state index contributed by atoms with van der Waals surface area (Å²) in [5.41, 5.74) is 6.48. The van der Waals surface area contributed by atoms with Gasteiger partial charge in [0.15, 0.2) is 17.5 Å². The number of benzene rings is 1. The number of hydrogen-bond acceptors (Lipinski definition) is 3. The second-order valence-corrected chi connectivity index (χ2v) is 5.05. The molecule has 0 amide bonds. The summed E-state index contributed by atoms with van der Waals surface area (Å²) in [5, 5.41) is 3.03. The van der Waals surface area contributed by atoms with E-state index in [9.17, 15) is 8.78 Å². The molecule has 1 rings (SSSR count). The molecule has 0 saturated heterocycles. The van der Waals surface area contributed by atoms with Crippen LogP contribution in [0.15, 0.2) is 23.2 Å². The molecule has 24 heavy (non-hydrogen) atoms. The minimum absolute atomic E-state index is 0. The number of unbranched alkanes of at least 4 members (excludes halogenated alkanes) is 3. The normalized spacial score (nSPS) is 11.1. The highest BCUT2D eigenvalue weighted by Gasteiger charge is 2.11. The lowest BCUT2D eigenvalue weighted by Gasteiger charge is -2.11. The predicted octanol–water partition coefficient (Wildman–Crippen LogP) is 3.90. The van der Waals surface area contributed by atoms with Crippen molar-refractivity contribution in [2.45, 2.75) is 45.8 Å². The Kier molecular flexibility index (Phi) is 12.3. The zero-order valence-corrected chi connectivity index (χ0v) is 16.4. The SMILES string of the molecule is CCCCCCNC(N)=NCc1ccc(OC)c(OC(F)F)c1.I. The fourth-order valence-corrected chi connectivity index (χ4v) is 2.01. The number of nitrogens with two attached hydrogens (primary N) is 1. The van der Waals surface area contributed by atoms with Crippen LogP contribution in [0.1, 0.15) is 38.2 Å². The second-order valence-electron chi connectivity index (χ2n) is 5.05. The van der Waals surface area contributed by atoms with Crippen LogP contribution in [0.5, 0.6) is 11.5 Å². The third kappa shape index (κ3) is 9.09. The molecule has 0 aliphatic carbocycles. The molecule has 0 aliphatic rings. The fraction of sp³-hybridized carbons (Fsp3) is 0.562. The minimum Gasteiger partial charge on any atom is -0.493 e. The van der Waals surface area contributed by atoms with Crippen LogP contribution in [0.3, 0.4) is 0 Å². The molecule has 0 aromatic heterocycles. The standard InChI is InChI=1S/C16H25F2N3O2.HI/c1-3-4-5-6-9-20-16(19)21-11-12-7-8-13(22-2)14(10-12)23-15(17)18;/h7-8,10,15H,3-6,9,11H2,1-2H3,(H3,19,20,21);1H. The molecule has 0 unspecified atom stereocenters. The average molecular weight is 457 g/mol. The summed E-state index contributed by atoms with van der Waals surface area (Å²) in [6, 6.07) is 4.77. The molecule has 138 valence electrons. The van der Waals surface area contributed by atoms with Crippen molar-refractivity contribution in [3.05, 3.63) is 23.8 Å². The number of ether oxygens (including phenoxy) is 2. The number of methoxy groups -OCH3 is 1. The summed E-state index contributed by atoms with van der Waals surface area (Å²) < 4.78 is 34.2. The number of aliphatic imine (C=N–C) groups is 1. The maximum Gasteiger partial charge on any atom is 0.387 e. The fourth-order valence-electron chi connectivity index (χ4n) is 2.01. The molecule has 0 radical (unpaired) electrons. The largest absolute Gasteiger partial charge is 0.493 e. The van der Waals surface area contributed by atoms with Crippen molar-refractivity contribution < 1.29 is 18.3 Å². The Hall–Kier alpha value is -1.32. The second kappa shape index (κ2) is 13.0. The molecule has 0 fully saturated rings. The van der Waals surface area contributed by atoms with E-state index in [2.05, 4.69) is 22.0 Å². The van der Waals surface area contributed by atoms with Gasteiger partial charge in [-0.3, -0.25) is 0 Å². The molecular formula is C16H26F2IN3O2. The highest BCUT2D eigenvalue weighted by molar-refractivity contribution is 14.0. The van der Waals surface area contributed by atoms with Gasteiger partial charge in [0.2, 0.25) is 0 Å². The zero-order chi connectivity index (χ0) is 17.1. The number of guanidine groups is 1. The van der Waals surface area contributed by atoms with Crippen LogP contribution >= 0.6 is 24.0 Å². The van der Waals surface area contributed by atoms with E-state index < -0.39 is 6.61 Å². The van der Waals surface area contributed by atoms with E-state index in [1.54, 1.807) is 12.1 Å². The van der Waals surface area contributed by atoms with Crippen LogP contribution in [-0.4, -0.2) is 26.2 Å². The van der Waals surface area contributed by atoms with Gasteiger partial charge in [0, 0.05) is 6.54 Å². The summed E-state index contributed by atoms with van der Waals surface area (Å²) in [6.45, 7) is 0.302. The lowest BCUT2D eigenvalue weighted by Crippen LogP contribution is -2.32. The van der Waals surface area contributed by atoms with Crippen LogP contribution in [0.25, 0.3) is 0 Å². The zero-order valence-electron chi connectivity index (χ0n) is 14.1. The number of halogens is 3. The first-order chi connectivity index (χ1) is 11.1. The lowest BCUT2D eigenvalue weighted by atomic mass is 10.2. The quantitative estimate of drug-likeness (QED) is 0.242. The molecule has 0 aliphatic heterocycles. The molecule has 8 heteroatoms. The van der Waals surface area contributed by atoms with Gasteiger partial charge in [-0.05, 0) is 24.1 Å². The van der Waals surface area contributed by atoms with Gasteiger partial charge in [-0.25, -0.2) is 4.99 Å². The number of hydrogen-bond donors (Lipinski definition) is 2. The van der Waals surface area contributed by atoms with Crippen LogP contribution in [0.2, 0.25) is 0 Å². The monoisotopic (exact) mass is 457 g/mol. The van der Waals surface area contributed by atoms with Crippen molar-refractivity contribution in [2.24, 2.45) is 10.7 Å². The van der Waals surface area contributed by atoms with Crippen LogP contribution in [0.4, 0.5) is 8.78 Å². The molecule has 1 aromatic rings. The smallest absolute Gasteiger partial charge is 0.387 e. The van der Waals surface area contributed by atoms with Crippen LogP contribution in [0, 0.1) is 0 Å². The Balaban J connectivity index is 0.00000529. The molecule has 0 heterocycles. The molecular weight excluding hydrogens is 431 g/mol. The van der Waals surface area contributed by atoms with Gasteiger partial charge in [-0.2, -0.15) is 8.78 Å². The number of nitrogens with zero attached hydrogens (tertiary/aromatic N) is 1. The topological polar surface area (TPSA) is 68.9 Å². The van der Waals surface area contributed by atoms with E-state index in [0.717, 1.165) is 19.4 Å². The third-order valence-corrected chi connectivity index (χ3v) is 3.21. The van der Waals surface area contributed by atoms with Gasteiger partial charge in [0.05, 0.1) is 13.7 Å². The van der Waals surface area contributed by atoms with Crippen LogP contribution in [-0.2, 0) is 6.54 Å². The Morgan fingerprint density at radius 2 is 2.00 bits per heavy atom. The first kappa shape index (κ1) is 22.7. The van der Waals surface area contributed by atoms with E-state index in [1.807, 2.05) is 0 Å². The molecule has 0 spiro atoms. The maximum absolute atomic E-state index is 12.4. The molecule has 1 aromatic carbocycles. The summed E-state index contributed by atoms with van der Waals surface area (Å²) in [7, 11) is 1.39. The minimum atomic E-state index is -2.91. The first-order valence-corrected chi connectivity index (χ1v) is 7.72. The number of nitrogens with one attached hydrogen (secondary N) is 1. The third-order valence-electron chi connectivity index (χ3n) is 3.21. The Bertz CT molecular complexity index is 502. The summed E-state index contributed by atoms with van der Waals surface area (Å²) in [4.78, 5) is 4.19. The van der Waals surface area contributed by atoms with Gasteiger partial charge in [0.25, 0.3) is 0 Å². The Labute approximate surface area is 159 Å².